The number of aromatic hydroxyl groups is 1. The molecule has 3 rings (SSSR count). The SMILES string of the molecule is O=C(COc1ccc(O)cc1)Nc1ccc2[nH]ncc2c1. The molecule has 2 aromatic carbocycles. The first-order valence-corrected chi connectivity index (χ1v) is 6.35. The molecule has 1 heterocycles. The summed E-state index contributed by atoms with van der Waals surface area (Å²) in [6.07, 6.45) is 1.69. The number of carbonyl (C=O) groups excluding carboxylic acids is 1. The van der Waals surface area contributed by atoms with Crippen molar-refractivity contribution in [1.29, 1.82) is 0 Å². The van der Waals surface area contributed by atoms with E-state index in [0.29, 0.717) is 11.4 Å². The topological polar surface area (TPSA) is 87.2 Å². The van der Waals surface area contributed by atoms with Gasteiger partial charge in [-0.05, 0) is 42.5 Å². The fraction of sp³-hybridized carbons (Fsp3) is 0.0667. The van der Waals surface area contributed by atoms with Crippen LogP contribution in [0, 0.1) is 0 Å². The molecule has 0 fully saturated rings. The monoisotopic (exact) mass is 283 g/mol. The number of nitrogens with zero attached hydrogens (tertiary/aromatic N) is 1. The minimum Gasteiger partial charge on any atom is -0.508 e. The minimum absolute atomic E-state index is 0.103. The first-order chi connectivity index (χ1) is 10.2. The molecule has 0 radical (unpaired) electrons. The van der Waals surface area contributed by atoms with Gasteiger partial charge in [-0.1, -0.05) is 0 Å². The van der Waals surface area contributed by atoms with Crippen molar-refractivity contribution in [2.75, 3.05) is 11.9 Å². The average molecular weight is 283 g/mol. The van der Waals surface area contributed by atoms with Crippen molar-refractivity contribution < 1.29 is 14.6 Å². The Kier molecular flexibility index (Phi) is 3.42. The first kappa shape index (κ1) is 13.0. The fourth-order valence-electron chi connectivity index (χ4n) is 1.91. The molecule has 0 bridgehead atoms. The summed E-state index contributed by atoms with van der Waals surface area (Å²) in [6.45, 7) is -0.103. The lowest BCUT2D eigenvalue weighted by Gasteiger charge is -2.07. The lowest BCUT2D eigenvalue weighted by atomic mass is 10.2. The van der Waals surface area contributed by atoms with E-state index in [1.807, 2.05) is 12.1 Å². The summed E-state index contributed by atoms with van der Waals surface area (Å²) in [7, 11) is 0. The van der Waals surface area contributed by atoms with Crippen LogP contribution in [0.15, 0.2) is 48.7 Å². The Balaban J connectivity index is 1.59. The molecule has 3 aromatic rings. The van der Waals surface area contributed by atoms with E-state index in [0.717, 1.165) is 10.9 Å². The van der Waals surface area contributed by atoms with E-state index >= 15 is 0 Å². The van der Waals surface area contributed by atoms with E-state index in [1.165, 1.54) is 12.1 Å². The van der Waals surface area contributed by atoms with Crippen LogP contribution in [0.5, 0.6) is 11.5 Å². The third kappa shape index (κ3) is 3.11. The molecule has 0 aliphatic carbocycles. The molecular weight excluding hydrogens is 270 g/mol. The maximum Gasteiger partial charge on any atom is 0.262 e. The summed E-state index contributed by atoms with van der Waals surface area (Å²) in [6, 6.07) is 11.7. The van der Waals surface area contributed by atoms with Gasteiger partial charge in [-0.3, -0.25) is 9.89 Å². The van der Waals surface area contributed by atoms with Crippen molar-refractivity contribution in [3.63, 3.8) is 0 Å². The van der Waals surface area contributed by atoms with E-state index in [1.54, 1.807) is 24.4 Å². The maximum atomic E-state index is 11.8. The molecule has 1 aromatic heterocycles. The zero-order valence-corrected chi connectivity index (χ0v) is 11.0. The van der Waals surface area contributed by atoms with Crippen LogP contribution in [0.2, 0.25) is 0 Å². The molecule has 0 saturated heterocycles. The predicted molar refractivity (Wildman–Crippen MR) is 78.3 cm³/mol. The second kappa shape index (κ2) is 5.54. The van der Waals surface area contributed by atoms with Crippen molar-refractivity contribution in [1.82, 2.24) is 10.2 Å². The van der Waals surface area contributed by atoms with E-state index < -0.39 is 0 Å². The van der Waals surface area contributed by atoms with Gasteiger partial charge in [-0.2, -0.15) is 5.10 Å². The predicted octanol–water partition coefficient (Wildman–Crippen LogP) is 2.29. The number of aromatic nitrogens is 2. The number of aromatic amines is 1. The normalized spacial score (nSPS) is 10.5. The summed E-state index contributed by atoms with van der Waals surface area (Å²) in [5, 5.41) is 19.6. The van der Waals surface area contributed by atoms with Gasteiger partial charge < -0.3 is 15.2 Å². The van der Waals surface area contributed by atoms with Crippen molar-refractivity contribution in [3.8, 4) is 11.5 Å². The zero-order chi connectivity index (χ0) is 14.7. The van der Waals surface area contributed by atoms with Gasteiger partial charge in [-0.15, -0.1) is 0 Å². The number of hydrogen-bond donors (Lipinski definition) is 3. The Hall–Kier alpha value is -3.02. The smallest absolute Gasteiger partial charge is 0.262 e. The van der Waals surface area contributed by atoms with E-state index in [9.17, 15) is 4.79 Å². The van der Waals surface area contributed by atoms with Gasteiger partial charge >= 0.3 is 0 Å². The van der Waals surface area contributed by atoms with Crippen LogP contribution in [0.1, 0.15) is 0 Å². The van der Waals surface area contributed by atoms with Crippen LogP contribution >= 0.6 is 0 Å². The molecule has 0 atom stereocenters. The lowest BCUT2D eigenvalue weighted by molar-refractivity contribution is -0.118. The van der Waals surface area contributed by atoms with Gasteiger partial charge in [0.05, 0.1) is 11.7 Å². The number of hydrogen-bond acceptors (Lipinski definition) is 4. The number of phenols is 1. The molecule has 0 aliphatic rings. The second-order valence-corrected chi connectivity index (χ2v) is 4.50. The van der Waals surface area contributed by atoms with Gasteiger partial charge in [0, 0.05) is 11.1 Å². The van der Waals surface area contributed by atoms with Gasteiger partial charge in [0.25, 0.3) is 5.91 Å². The van der Waals surface area contributed by atoms with Crippen molar-refractivity contribution in [3.05, 3.63) is 48.7 Å². The Morgan fingerprint density at radius 3 is 2.86 bits per heavy atom. The Morgan fingerprint density at radius 2 is 2.05 bits per heavy atom. The fourth-order valence-corrected chi connectivity index (χ4v) is 1.91. The Morgan fingerprint density at radius 1 is 1.24 bits per heavy atom. The molecule has 1 amide bonds. The molecule has 6 heteroatoms. The van der Waals surface area contributed by atoms with Crippen LogP contribution in [0.4, 0.5) is 5.69 Å². The minimum atomic E-state index is -0.258. The highest BCUT2D eigenvalue weighted by atomic mass is 16.5. The van der Waals surface area contributed by atoms with E-state index in [-0.39, 0.29) is 18.3 Å². The molecule has 0 unspecified atom stereocenters. The van der Waals surface area contributed by atoms with E-state index in [4.69, 9.17) is 9.84 Å². The van der Waals surface area contributed by atoms with Crippen LogP contribution in [0.3, 0.4) is 0 Å². The highest BCUT2D eigenvalue weighted by Crippen LogP contribution is 2.17. The summed E-state index contributed by atoms with van der Waals surface area (Å²) in [5.74, 6) is 0.416. The number of rotatable bonds is 4. The van der Waals surface area contributed by atoms with Crippen LogP contribution in [-0.4, -0.2) is 27.8 Å². The summed E-state index contributed by atoms with van der Waals surface area (Å²) in [4.78, 5) is 11.8. The number of benzene rings is 2. The Labute approximate surface area is 120 Å². The highest BCUT2D eigenvalue weighted by Gasteiger charge is 2.05. The number of phenolic OH excluding ortho intramolecular Hbond substituents is 1. The number of carbonyl (C=O) groups is 1. The molecule has 106 valence electrons. The number of H-pyrrole nitrogens is 1. The maximum absolute atomic E-state index is 11.8. The summed E-state index contributed by atoms with van der Waals surface area (Å²) < 4.78 is 5.33. The third-order valence-electron chi connectivity index (χ3n) is 2.93. The van der Waals surface area contributed by atoms with Gasteiger partial charge in [-0.25, -0.2) is 0 Å². The zero-order valence-electron chi connectivity index (χ0n) is 11.0. The standard InChI is InChI=1S/C15H13N3O3/c19-12-2-4-13(5-3-12)21-9-15(20)17-11-1-6-14-10(7-11)8-16-18-14/h1-8,19H,9H2,(H,16,18)(H,17,20). The number of nitrogens with one attached hydrogen (secondary N) is 2. The van der Waals surface area contributed by atoms with E-state index in [2.05, 4.69) is 15.5 Å². The molecule has 0 saturated carbocycles. The first-order valence-electron chi connectivity index (χ1n) is 6.35. The third-order valence-corrected chi connectivity index (χ3v) is 2.93. The summed E-state index contributed by atoms with van der Waals surface area (Å²) >= 11 is 0. The van der Waals surface area contributed by atoms with Crippen molar-refractivity contribution in [2.45, 2.75) is 0 Å². The number of ether oxygens (including phenoxy) is 1. The van der Waals surface area contributed by atoms with Crippen LogP contribution in [0.25, 0.3) is 10.9 Å². The van der Waals surface area contributed by atoms with Crippen molar-refractivity contribution in [2.24, 2.45) is 0 Å². The average Bonchev–Trinajstić information content (AvgIpc) is 2.94. The molecule has 21 heavy (non-hydrogen) atoms. The quantitative estimate of drug-likeness (QED) is 0.685. The van der Waals surface area contributed by atoms with Gasteiger partial charge in [0.15, 0.2) is 6.61 Å². The largest absolute Gasteiger partial charge is 0.508 e. The molecule has 6 nitrogen and oxygen atoms in total. The van der Waals surface area contributed by atoms with Crippen LogP contribution < -0.4 is 10.1 Å². The molecular formula is C15H13N3O3. The summed E-state index contributed by atoms with van der Waals surface area (Å²) in [5.41, 5.74) is 1.59. The highest BCUT2D eigenvalue weighted by molar-refractivity contribution is 5.94. The molecule has 0 spiro atoms. The van der Waals surface area contributed by atoms with Crippen molar-refractivity contribution >= 4 is 22.5 Å². The molecule has 3 N–H and O–H groups in total. The van der Waals surface area contributed by atoms with Crippen LogP contribution in [-0.2, 0) is 4.79 Å². The molecule has 0 aliphatic heterocycles. The van der Waals surface area contributed by atoms with Gasteiger partial charge in [0.2, 0.25) is 0 Å². The number of amides is 1. The Bertz CT molecular complexity index is 765. The number of fused-ring (bicyclic) bond motifs is 1. The second-order valence-electron chi connectivity index (χ2n) is 4.50. The lowest BCUT2D eigenvalue weighted by Crippen LogP contribution is -2.20. The van der Waals surface area contributed by atoms with Gasteiger partial charge in [0.1, 0.15) is 11.5 Å². The number of anilines is 1.